The third-order valence-corrected chi connectivity index (χ3v) is 6.00. The van der Waals surface area contributed by atoms with Gasteiger partial charge in [0.25, 0.3) is 12.0 Å². The van der Waals surface area contributed by atoms with Crippen LogP contribution in [0.4, 0.5) is 20.4 Å². The highest BCUT2D eigenvalue weighted by Gasteiger charge is 2.41. The smallest absolute Gasteiger partial charge is 0.280 e. The number of hydrogen-bond acceptors (Lipinski definition) is 6. The summed E-state index contributed by atoms with van der Waals surface area (Å²) in [5.41, 5.74) is -0.292. The molecular formula is C19H22F2N6O. The molecule has 0 bridgehead atoms. The second kappa shape index (κ2) is 6.49. The standard InChI is InChI=1S/C19H22F2N6O/c1-25-17(28)5-4-15(24-25)26-7-12-9-27(10-13(12)8-26)16-6-14(18(20)21)22-19(23-16)11-2-3-11/h4-6,11-13,18H,2-3,7-10H2,1H3. The van der Waals surface area contributed by atoms with Crippen LogP contribution in [0.15, 0.2) is 23.0 Å². The predicted molar refractivity (Wildman–Crippen MR) is 99.8 cm³/mol. The maximum absolute atomic E-state index is 13.3. The van der Waals surface area contributed by atoms with Gasteiger partial charge in [-0.05, 0) is 18.9 Å². The first-order valence-corrected chi connectivity index (χ1v) is 9.69. The lowest BCUT2D eigenvalue weighted by Crippen LogP contribution is -2.31. The van der Waals surface area contributed by atoms with Gasteiger partial charge < -0.3 is 9.80 Å². The summed E-state index contributed by atoms with van der Waals surface area (Å²) in [5, 5.41) is 4.34. The van der Waals surface area contributed by atoms with E-state index in [1.54, 1.807) is 13.1 Å². The van der Waals surface area contributed by atoms with Crippen LogP contribution in [0.2, 0.25) is 0 Å². The Kier molecular flexibility index (Phi) is 4.06. The normalized spacial score (nSPS) is 24.3. The van der Waals surface area contributed by atoms with Crippen LogP contribution in [-0.4, -0.2) is 45.9 Å². The summed E-state index contributed by atoms with van der Waals surface area (Å²) in [7, 11) is 1.65. The Balaban J connectivity index is 1.33. The molecule has 3 aliphatic rings. The molecule has 2 aromatic rings. The predicted octanol–water partition coefficient (Wildman–Crippen LogP) is 1.96. The molecule has 9 heteroatoms. The Morgan fingerprint density at radius 3 is 2.21 bits per heavy atom. The van der Waals surface area contributed by atoms with Gasteiger partial charge in [-0.15, -0.1) is 0 Å². The molecule has 1 saturated carbocycles. The maximum atomic E-state index is 13.3. The Hall–Kier alpha value is -2.58. The Morgan fingerprint density at radius 2 is 1.64 bits per heavy atom. The van der Waals surface area contributed by atoms with E-state index in [2.05, 4.69) is 24.9 Å². The Labute approximate surface area is 161 Å². The van der Waals surface area contributed by atoms with E-state index in [1.165, 1.54) is 16.8 Å². The molecule has 2 atom stereocenters. The number of rotatable bonds is 4. The molecule has 3 fully saturated rings. The van der Waals surface area contributed by atoms with Gasteiger partial charge in [0.2, 0.25) is 0 Å². The lowest BCUT2D eigenvalue weighted by molar-refractivity contribution is 0.145. The van der Waals surface area contributed by atoms with Gasteiger partial charge in [-0.1, -0.05) is 0 Å². The Morgan fingerprint density at radius 1 is 1.00 bits per heavy atom. The molecule has 2 unspecified atom stereocenters. The number of alkyl halides is 2. The molecule has 2 aliphatic heterocycles. The van der Waals surface area contributed by atoms with Gasteiger partial charge in [0.1, 0.15) is 23.2 Å². The molecular weight excluding hydrogens is 366 g/mol. The van der Waals surface area contributed by atoms with Crippen LogP contribution in [0, 0.1) is 11.8 Å². The average molecular weight is 388 g/mol. The van der Waals surface area contributed by atoms with Crippen molar-refractivity contribution in [1.29, 1.82) is 0 Å². The summed E-state index contributed by atoms with van der Waals surface area (Å²) < 4.78 is 27.9. The minimum absolute atomic E-state index is 0.126. The lowest BCUT2D eigenvalue weighted by Gasteiger charge is -2.23. The van der Waals surface area contributed by atoms with Gasteiger partial charge in [-0.2, -0.15) is 5.10 Å². The number of anilines is 2. The fourth-order valence-corrected chi connectivity index (χ4v) is 4.30. The molecule has 2 aromatic heterocycles. The molecule has 148 valence electrons. The van der Waals surface area contributed by atoms with Crippen molar-refractivity contribution in [2.75, 3.05) is 36.0 Å². The summed E-state index contributed by atoms with van der Waals surface area (Å²) in [5.74, 6) is 3.10. The minimum Gasteiger partial charge on any atom is -0.356 e. The number of halogens is 2. The number of fused-ring (bicyclic) bond motifs is 1. The lowest BCUT2D eigenvalue weighted by atomic mass is 10.0. The van der Waals surface area contributed by atoms with Crippen molar-refractivity contribution in [2.24, 2.45) is 18.9 Å². The quantitative estimate of drug-likeness (QED) is 0.798. The van der Waals surface area contributed by atoms with Crippen LogP contribution in [0.5, 0.6) is 0 Å². The number of aryl methyl sites for hydroxylation is 1. The van der Waals surface area contributed by atoms with E-state index in [0.717, 1.165) is 44.8 Å². The largest absolute Gasteiger partial charge is 0.356 e. The molecule has 28 heavy (non-hydrogen) atoms. The summed E-state index contributed by atoms with van der Waals surface area (Å²) in [6, 6.07) is 4.75. The molecule has 7 nitrogen and oxygen atoms in total. The van der Waals surface area contributed by atoms with Crippen molar-refractivity contribution in [3.8, 4) is 0 Å². The monoisotopic (exact) mass is 388 g/mol. The van der Waals surface area contributed by atoms with Gasteiger partial charge >= 0.3 is 0 Å². The molecule has 2 saturated heterocycles. The SMILES string of the molecule is Cn1nc(N2CC3CN(c4cc(C(F)F)nc(C5CC5)n4)CC3C2)ccc1=O. The summed E-state index contributed by atoms with van der Waals surface area (Å²) in [6.07, 6.45) is -0.606. The van der Waals surface area contributed by atoms with Gasteiger partial charge in [-0.3, -0.25) is 4.79 Å². The van der Waals surface area contributed by atoms with Gasteiger partial charge in [0.05, 0.1) is 0 Å². The molecule has 5 rings (SSSR count). The van der Waals surface area contributed by atoms with Crippen LogP contribution in [-0.2, 0) is 7.05 Å². The van der Waals surface area contributed by atoms with E-state index in [1.807, 2.05) is 0 Å². The number of aromatic nitrogens is 4. The van der Waals surface area contributed by atoms with Crippen molar-refractivity contribution >= 4 is 11.6 Å². The molecule has 1 aliphatic carbocycles. The van der Waals surface area contributed by atoms with E-state index in [9.17, 15) is 13.6 Å². The van der Waals surface area contributed by atoms with Crippen molar-refractivity contribution in [2.45, 2.75) is 25.2 Å². The van der Waals surface area contributed by atoms with Crippen molar-refractivity contribution in [3.05, 3.63) is 40.1 Å². The van der Waals surface area contributed by atoms with Crippen LogP contribution in [0.25, 0.3) is 0 Å². The fourth-order valence-electron chi connectivity index (χ4n) is 4.30. The summed E-state index contributed by atoms with van der Waals surface area (Å²) in [6.45, 7) is 3.26. The highest BCUT2D eigenvalue weighted by atomic mass is 19.3. The topological polar surface area (TPSA) is 67.2 Å². The van der Waals surface area contributed by atoms with E-state index in [-0.39, 0.29) is 17.2 Å². The molecule has 0 spiro atoms. The summed E-state index contributed by atoms with van der Waals surface area (Å²) >= 11 is 0. The highest BCUT2D eigenvalue weighted by Crippen LogP contribution is 2.40. The minimum atomic E-state index is -2.58. The second-order valence-corrected chi connectivity index (χ2v) is 8.07. The summed E-state index contributed by atoms with van der Waals surface area (Å²) in [4.78, 5) is 24.5. The van der Waals surface area contributed by atoms with E-state index in [0.29, 0.717) is 23.5 Å². The van der Waals surface area contributed by atoms with Crippen LogP contribution < -0.4 is 15.4 Å². The Bertz CT molecular complexity index is 925. The van der Waals surface area contributed by atoms with Gasteiger partial charge in [0, 0.05) is 63.1 Å². The second-order valence-electron chi connectivity index (χ2n) is 8.07. The first-order chi connectivity index (χ1) is 13.5. The molecule has 0 radical (unpaired) electrons. The van der Waals surface area contributed by atoms with Crippen molar-refractivity contribution < 1.29 is 8.78 Å². The zero-order valence-corrected chi connectivity index (χ0v) is 15.6. The molecule has 0 N–H and O–H groups in total. The third-order valence-electron chi connectivity index (χ3n) is 6.00. The molecule has 4 heterocycles. The van der Waals surface area contributed by atoms with Gasteiger partial charge in [0.15, 0.2) is 0 Å². The zero-order chi connectivity index (χ0) is 19.4. The van der Waals surface area contributed by atoms with Crippen LogP contribution in [0.3, 0.4) is 0 Å². The first kappa shape index (κ1) is 17.5. The van der Waals surface area contributed by atoms with Crippen LogP contribution in [0.1, 0.15) is 36.7 Å². The third kappa shape index (κ3) is 3.12. The molecule has 0 amide bonds. The van der Waals surface area contributed by atoms with E-state index in [4.69, 9.17) is 0 Å². The van der Waals surface area contributed by atoms with E-state index >= 15 is 0 Å². The first-order valence-electron chi connectivity index (χ1n) is 9.69. The van der Waals surface area contributed by atoms with Gasteiger partial charge in [-0.25, -0.2) is 23.4 Å². The van der Waals surface area contributed by atoms with Crippen LogP contribution >= 0.6 is 0 Å². The van der Waals surface area contributed by atoms with Crippen molar-refractivity contribution in [3.63, 3.8) is 0 Å². The van der Waals surface area contributed by atoms with Crippen molar-refractivity contribution in [1.82, 2.24) is 19.7 Å². The highest BCUT2D eigenvalue weighted by molar-refractivity contribution is 5.45. The zero-order valence-electron chi connectivity index (χ0n) is 15.6. The number of nitrogens with zero attached hydrogens (tertiary/aromatic N) is 6. The van der Waals surface area contributed by atoms with E-state index < -0.39 is 6.43 Å². The average Bonchev–Trinajstić information content (AvgIpc) is 3.33. The maximum Gasteiger partial charge on any atom is 0.280 e. The molecule has 0 aromatic carbocycles. The fraction of sp³-hybridized carbons (Fsp3) is 0.579. The number of hydrogen-bond donors (Lipinski definition) is 0.